The number of rotatable bonds is 0. The molecule has 1 aromatic rings. The Kier molecular flexibility index (Phi) is 0.985. The molecule has 1 fully saturated rings. The molecule has 1 aliphatic heterocycles. The van der Waals surface area contributed by atoms with Gasteiger partial charge in [0, 0.05) is 0 Å². The molecular formula is C8H8N2OS. The normalized spacial score (nSPS) is 22.8. The number of hydrogen-bond acceptors (Lipinski definition) is 3. The smallest absolute Gasteiger partial charge is 0.250 e. The molecule has 2 aliphatic rings. The van der Waals surface area contributed by atoms with Gasteiger partial charge in [0.2, 0.25) is 0 Å². The third-order valence-corrected chi connectivity index (χ3v) is 3.28. The molecule has 1 amide bonds. The summed E-state index contributed by atoms with van der Waals surface area (Å²) in [5.74, 6) is 0.137. The number of nitrogens with one attached hydrogen (secondary N) is 2. The van der Waals surface area contributed by atoms with E-state index in [1.807, 2.05) is 11.4 Å². The van der Waals surface area contributed by atoms with Crippen LogP contribution in [0.1, 0.15) is 12.8 Å². The molecule has 4 heteroatoms. The number of thiophene rings is 1. The summed E-state index contributed by atoms with van der Waals surface area (Å²) in [6.07, 6.45) is 1.93. The molecule has 62 valence electrons. The van der Waals surface area contributed by atoms with Crippen molar-refractivity contribution in [1.29, 1.82) is 0 Å². The SMILES string of the molecule is O=C1Nc2sccc2NC12CC2. The van der Waals surface area contributed by atoms with Crippen molar-refractivity contribution in [3.8, 4) is 0 Å². The molecule has 1 spiro atoms. The minimum absolute atomic E-state index is 0.137. The lowest BCUT2D eigenvalue weighted by atomic mass is 10.2. The molecule has 0 radical (unpaired) electrons. The van der Waals surface area contributed by atoms with Crippen LogP contribution in [0.25, 0.3) is 0 Å². The van der Waals surface area contributed by atoms with E-state index in [1.54, 1.807) is 11.3 Å². The van der Waals surface area contributed by atoms with E-state index in [-0.39, 0.29) is 11.4 Å². The fourth-order valence-electron chi connectivity index (χ4n) is 1.52. The highest BCUT2D eigenvalue weighted by Crippen LogP contribution is 2.46. The largest absolute Gasteiger partial charge is 0.369 e. The number of carbonyl (C=O) groups excluding carboxylic acids is 1. The summed E-state index contributed by atoms with van der Waals surface area (Å²) < 4.78 is 0. The summed E-state index contributed by atoms with van der Waals surface area (Å²) in [5.41, 5.74) is 0.839. The predicted octanol–water partition coefficient (Wildman–Crippen LogP) is 1.64. The molecule has 3 nitrogen and oxygen atoms in total. The van der Waals surface area contributed by atoms with Crippen molar-refractivity contribution in [3.63, 3.8) is 0 Å². The first-order valence-electron chi connectivity index (χ1n) is 3.97. The first-order chi connectivity index (χ1) is 5.80. The Labute approximate surface area is 73.8 Å². The molecule has 1 saturated carbocycles. The highest BCUT2D eigenvalue weighted by Gasteiger charge is 2.52. The standard InChI is InChI=1S/C8H8N2OS/c11-7-8(2-3-8)10-5-1-4-12-6(5)9-7/h1,4,10H,2-3H2,(H,9,11). The summed E-state index contributed by atoms with van der Waals surface area (Å²) >= 11 is 1.56. The van der Waals surface area contributed by atoms with E-state index in [2.05, 4.69) is 10.6 Å². The zero-order valence-corrected chi connectivity index (χ0v) is 7.20. The third-order valence-electron chi connectivity index (χ3n) is 2.45. The first-order valence-corrected chi connectivity index (χ1v) is 4.85. The van der Waals surface area contributed by atoms with Gasteiger partial charge in [0.15, 0.2) is 0 Å². The molecular weight excluding hydrogens is 172 g/mol. The zero-order valence-electron chi connectivity index (χ0n) is 6.39. The fourth-order valence-corrected chi connectivity index (χ4v) is 2.26. The highest BCUT2D eigenvalue weighted by atomic mass is 32.1. The Morgan fingerprint density at radius 1 is 1.50 bits per heavy atom. The molecule has 0 saturated heterocycles. The van der Waals surface area contributed by atoms with Crippen molar-refractivity contribution >= 4 is 27.9 Å². The highest BCUT2D eigenvalue weighted by molar-refractivity contribution is 7.15. The van der Waals surface area contributed by atoms with Crippen LogP contribution in [0.4, 0.5) is 10.7 Å². The van der Waals surface area contributed by atoms with Crippen LogP contribution in [0.5, 0.6) is 0 Å². The number of hydrogen-bond donors (Lipinski definition) is 2. The second-order valence-corrected chi connectivity index (χ2v) is 4.24. The lowest BCUT2D eigenvalue weighted by molar-refractivity contribution is -0.117. The van der Waals surface area contributed by atoms with E-state index in [4.69, 9.17) is 0 Å². The minimum Gasteiger partial charge on any atom is -0.369 e. The molecule has 0 bridgehead atoms. The summed E-state index contributed by atoms with van der Waals surface area (Å²) in [6, 6.07) is 2.01. The van der Waals surface area contributed by atoms with Crippen molar-refractivity contribution in [1.82, 2.24) is 0 Å². The van der Waals surface area contributed by atoms with Gasteiger partial charge in [-0.05, 0) is 24.3 Å². The molecule has 12 heavy (non-hydrogen) atoms. The Morgan fingerprint density at radius 3 is 3.08 bits per heavy atom. The van der Waals surface area contributed by atoms with Gasteiger partial charge < -0.3 is 10.6 Å². The number of amides is 1. The van der Waals surface area contributed by atoms with E-state index in [0.29, 0.717) is 0 Å². The Balaban J connectivity index is 2.07. The number of carbonyl (C=O) groups is 1. The fraction of sp³-hybridized carbons (Fsp3) is 0.375. The molecule has 3 rings (SSSR count). The van der Waals surface area contributed by atoms with Crippen LogP contribution in [0.15, 0.2) is 11.4 Å². The quantitative estimate of drug-likeness (QED) is 0.637. The van der Waals surface area contributed by atoms with Gasteiger partial charge in [0.25, 0.3) is 5.91 Å². The Hall–Kier alpha value is -1.03. The topological polar surface area (TPSA) is 41.1 Å². The molecule has 0 atom stereocenters. The maximum absolute atomic E-state index is 11.5. The van der Waals surface area contributed by atoms with Gasteiger partial charge in [-0.25, -0.2) is 0 Å². The average Bonchev–Trinajstić information content (AvgIpc) is 2.67. The Morgan fingerprint density at radius 2 is 2.33 bits per heavy atom. The minimum atomic E-state index is -0.242. The van der Waals surface area contributed by atoms with Gasteiger partial charge in [-0.2, -0.15) is 0 Å². The predicted molar refractivity (Wildman–Crippen MR) is 48.5 cm³/mol. The van der Waals surface area contributed by atoms with Crippen LogP contribution in [0.2, 0.25) is 0 Å². The maximum Gasteiger partial charge on any atom is 0.250 e. The van der Waals surface area contributed by atoms with Crippen LogP contribution in [0, 0.1) is 0 Å². The van der Waals surface area contributed by atoms with Crippen molar-refractivity contribution in [2.75, 3.05) is 10.6 Å². The van der Waals surface area contributed by atoms with Crippen molar-refractivity contribution in [2.24, 2.45) is 0 Å². The van der Waals surface area contributed by atoms with Gasteiger partial charge in [-0.1, -0.05) is 0 Å². The monoisotopic (exact) mass is 180 g/mol. The summed E-state index contributed by atoms with van der Waals surface area (Å²) in [6.45, 7) is 0. The molecule has 0 unspecified atom stereocenters. The maximum atomic E-state index is 11.5. The van der Waals surface area contributed by atoms with Gasteiger partial charge in [-0.3, -0.25) is 4.79 Å². The Bertz CT molecular complexity index is 354. The van der Waals surface area contributed by atoms with Crippen LogP contribution < -0.4 is 10.6 Å². The van der Waals surface area contributed by atoms with E-state index >= 15 is 0 Å². The summed E-state index contributed by atoms with van der Waals surface area (Å²) in [5, 5.41) is 9.13. The van der Waals surface area contributed by atoms with Crippen molar-refractivity contribution in [2.45, 2.75) is 18.4 Å². The lowest BCUT2D eigenvalue weighted by Crippen LogP contribution is -2.40. The van der Waals surface area contributed by atoms with E-state index in [0.717, 1.165) is 23.5 Å². The van der Waals surface area contributed by atoms with Crippen LogP contribution in [-0.2, 0) is 4.79 Å². The van der Waals surface area contributed by atoms with Crippen molar-refractivity contribution in [3.05, 3.63) is 11.4 Å². The summed E-state index contributed by atoms with van der Waals surface area (Å²) in [4.78, 5) is 11.5. The lowest BCUT2D eigenvalue weighted by Gasteiger charge is -2.23. The van der Waals surface area contributed by atoms with E-state index < -0.39 is 0 Å². The third kappa shape index (κ3) is 0.679. The zero-order chi connectivity index (χ0) is 8.18. The second-order valence-electron chi connectivity index (χ2n) is 3.32. The molecule has 2 N–H and O–H groups in total. The van der Waals surface area contributed by atoms with Crippen LogP contribution in [-0.4, -0.2) is 11.4 Å². The molecule has 2 heterocycles. The van der Waals surface area contributed by atoms with Gasteiger partial charge in [-0.15, -0.1) is 11.3 Å². The van der Waals surface area contributed by atoms with Gasteiger partial charge in [0.05, 0.1) is 5.69 Å². The average molecular weight is 180 g/mol. The number of fused-ring (bicyclic) bond motifs is 1. The summed E-state index contributed by atoms with van der Waals surface area (Å²) in [7, 11) is 0. The molecule has 1 aromatic heterocycles. The van der Waals surface area contributed by atoms with E-state index in [1.165, 1.54) is 0 Å². The van der Waals surface area contributed by atoms with Crippen LogP contribution in [0.3, 0.4) is 0 Å². The second kappa shape index (κ2) is 1.82. The van der Waals surface area contributed by atoms with Gasteiger partial charge in [0.1, 0.15) is 10.5 Å². The molecule has 1 aliphatic carbocycles. The van der Waals surface area contributed by atoms with Gasteiger partial charge >= 0.3 is 0 Å². The molecule has 0 aromatic carbocycles. The van der Waals surface area contributed by atoms with E-state index in [9.17, 15) is 4.79 Å². The van der Waals surface area contributed by atoms with Crippen LogP contribution >= 0.6 is 11.3 Å². The van der Waals surface area contributed by atoms with Crippen molar-refractivity contribution < 1.29 is 4.79 Å². The first kappa shape index (κ1) is 6.48. The number of anilines is 2.